The van der Waals surface area contributed by atoms with Gasteiger partial charge in [-0.3, -0.25) is 9.59 Å². The number of hydrogen-bond acceptors (Lipinski definition) is 4. The Bertz CT molecular complexity index is 258. The van der Waals surface area contributed by atoms with E-state index in [0.717, 1.165) is 19.3 Å². The second kappa shape index (κ2) is 4.59. The normalized spacial score (nSPS) is 20.1. The molecule has 1 aliphatic carbocycles. The van der Waals surface area contributed by atoms with E-state index in [1.165, 1.54) is 0 Å². The number of aliphatic hydroxyl groups excluding tert-OH is 1. The second-order valence-electron chi connectivity index (χ2n) is 4.06. The van der Waals surface area contributed by atoms with E-state index in [0.29, 0.717) is 0 Å². The van der Waals surface area contributed by atoms with Crippen molar-refractivity contribution in [1.82, 2.24) is 5.32 Å². The number of nitrogens with two attached hydrogens (primary N) is 2. The van der Waals surface area contributed by atoms with Gasteiger partial charge in [0.25, 0.3) is 0 Å². The van der Waals surface area contributed by atoms with Crippen LogP contribution in [0.5, 0.6) is 0 Å². The molecule has 1 fully saturated rings. The minimum absolute atomic E-state index is 0.0952. The lowest BCUT2D eigenvalue weighted by atomic mass is 9.77. The zero-order chi connectivity index (χ0) is 11.5. The number of nitrogens with one attached hydrogen (secondary N) is 1. The highest BCUT2D eigenvalue weighted by molar-refractivity contribution is 5.88. The average Bonchev–Trinajstić information content (AvgIpc) is 2.09. The lowest BCUT2D eigenvalue weighted by Crippen LogP contribution is -2.59. The Morgan fingerprint density at radius 1 is 1.47 bits per heavy atom. The van der Waals surface area contributed by atoms with Gasteiger partial charge in [-0.15, -0.1) is 0 Å². The van der Waals surface area contributed by atoms with Crippen LogP contribution in [-0.4, -0.2) is 35.1 Å². The van der Waals surface area contributed by atoms with Crippen LogP contribution < -0.4 is 16.8 Å². The first-order valence-electron chi connectivity index (χ1n) is 4.96. The zero-order valence-corrected chi connectivity index (χ0v) is 8.53. The molecule has 1 aliphatic rings. The molecule has 0 heterocycles. The van der Waals surface area contributed by atoms with Crippen LogP contribution in [0, 0.1) is 0 Å². The Hall–Kier alpha value is -1.14. The summed E-state index contributed by atoms with van der Waals surface area (Å²) in [7, 11) is 0. The number of carbonyl (C=O) groups excluding carboxylic acids is 2. The van der Waals surface area contributed by atoms with Crippen molar-refractivity contribution in [1.29, 1.82) is 0 Å². The third kappa shape index (κ3) is 2.90. The van der Waals surface area contributed by atoms with Crippen molar-refractivity contribution in [2.24, 2.45) is 11.5 Å². The summed E-state index contributed by atoms with van der Waals surface area (Å²) in [5.74, 6) is -1.04. The summed E-state index contributed by atoms with van der Waals surface area (Å²) in [4.78, 5) is 22.0. The van der Waals surface area contributed by atoms with Gasteiger partial charge in [0.2, 0.25) is 11.8 Å². The SMILES string of the molecule is NC(=O)CC(N)C(=O)NC1(CO)CCC1. The van der Waals surface area contributed by atoms with Crippen LogP contribution in [0.25, 0.3) is 0 Å². The highest BCUT2D eigenvalue weighted by Crippen LogP contribution is 2.31. The Labute approximate surface area is 88.0 Å². The quantitative estimate of drug-likeness (QED) is 0.433. The highest BCUT2D eigenvalue weighted by Gasteiger charge is 2.38. The molecule has 1 rings (SSSR count). The minimum atomic E-state index is -0.925. The third-order valence-corrected chi connectivity index (χ3v) is 2.76. The first-order valence-corrected chi connectivity index (χ1v) is 4.96. The Balaban J connectivity index is 2.43. The summed E-state index contributed by atoms with van der Waals surface area (Å²) in [6, 6.07) is -0.925. The van der Waals surface area contributed by atoms with E-state index in [-0.39, 0.29) is 13.0 Å². The molecule has 6 heteroatoms. The van der Waals surface area contributed by atoms with Gasteiger partial charge < -0.3 is 21.9 Å². The molecular weight excluding hydrogens is 198 g/mol. The van der Waals surface area contributed by atoms with Gasteiger partial charge in [0.15, 0.2) is 0 Å². The number of aliphatic hydroxyl groups is 1. The van der Waals surface area contributed by atoms with Crippen molar-refractivity contribution in [3.8, 4) is 0 Å². The van der Waals surface area contributed by atoms with E-state index < -0.39 is 23.4 Å². The maximum atomic E-state index is 11.5. The minimum Gasteiger partial charge on any atom is -0.394 e. The zero-order valence-electron chi connectivity index (χ0n) is 8.53. The van der Waals surface area contributed by atoms with Gasteiger partial charge >= 0.3 is 0 Å². The van der Waals surface area contributed by atoms with Crippen LogP contribution in [0.15, 0.2) is 0 Å². The summed E-state index contributed by atoms with van der Waals surface area (Å²) in [5, 5.41) is 11.8. The molecule has 6 N–H and O–H groups in total. The van der Waals surface area contributed by atoms with Crippen molar-refractivity contribution in [2.45, 2.75) is 37.3 Å². The number of hydrogen-bond donors (Lipinski definition) is 4. The molecule has 1 atom stereocenters. The largest absolute Gasteiger partial charge is 0.394 e. The molecule has 2 amide bonds. The molecule has 0 aliphatic heterocycles. The lowest BCUT2D eigenvalue weighted by Gasteiger charge is -2.41. The van der Waals surface area contributed by atoms with Crippen LogP contribution in [-0.2, 0) is 9.59 Å². The fourth-order valence-corrected chi connectivity index (χ4v) is 1.59. The summed E-state index contributed by atoms with van der Waals surface area (Å²) < 4.78 is 0. The van der Waals surface area contributed by atoms with Crippen molar-refractivity contribution in [3.63, 3.8) is 0 Å². The second-order valence-corrected chi connectivity index (χ2v) is 4.06. The van der Waals surface area contributed by atoms with E-state index in [1.54, 1.807) is 0 Å². The average molecular weight is 215 g/mol. The monoisotopic (exact) mass is 215 g/mol. The van der Waals surface area contributed by atoms with E-state index in [1.807, 2.05) is 0 Å². The van der Waals surface area contributed by atoms with Crippen LogP contribution in [0.2, 0.25) is 0 Å². The topological polar surface area (TPSA) is 118 Å². The highest BCUT2D eigenvalue weighted by atomic mass is 16.3. The molecule has 0 spiro atoms. The number of primary amides is 1. The fraction of sp³-hybridized carbons (Fsp3) is 0.778. The fourth-order valence-electron chi connectivity index (χ4n) is 1.59. The first kappa shape index (κ1) is 11.9. The van der Waals surface area contributed by atoms with Crippen LogP contribution >= 0.6 is 0 Å². The van der Waals surface area contributed by atoms with E-state index in [2.05, 4.69) is 5.32 Å². The first-order chi connectivity index (χ1) is 6.99. The molecule has 0 bridgehead atoms. The number of rotatable bonds is 5. The van der Waals surface area contributed by atoms with Gasteiger partial charge in [-0.2, -0.15) is 0 Å². The third-order valence-electron chi connectivity index (χ3n) is 2.76. The van der Waals surface area contributed by atoms with E-state index in [4.69, 9.17) is 16.6 Å². The molecule has 1 unspecified atom stereocenters. The van der Waals surface area contributed by atoms with E-state index in [9.17, 15) is 9.59 Å². The van der Waals surface area contributed by atoms with Crippen LogP contribution in [0.1, 0.15) is 25.7 Å². The Morgan fingerprint density at radius 2 is 2.07 bits per heavy atom. The maximum Gasteiger partial charge on any atom is 0.237 e. The summed E-state index contributed by atoms with van der Waals surface area (Å²) in [6.07, 6.45) is 2.30. The standard InChI is InChI=1S/C9H17N3O3/c10-6(4-7(11)14)8(15)12-9(5-13)2-1-3-9/h6,13H,1-5,10H2,(H2,11,14)(H,12,15). The van der Waals surface area contributed by atoms with Crippen molar-refractivity contribution in [3.05, 3.63) is 0 Å². The number of carbonyl (C=O) groups is 2. The van der Waals surface area contributed by atoms with Crippen LogP contribution in [0.4, 0.5) is 0 Å². The molecular formula is C9H17N3O3. The molecule has 0 radical (unpaired) electrons. The summed E-state index contributed by atoms with van der Waals surface area (Å²) >= 11 is 0. The molecule has 0 aromatic rings. The maximum absolute atomic E-state index is 11.5. The number of amides is 2. The van der Waals surface area contributed by atoms with Gasteiger partial charge in [-0.25, -0.2) is 0 Å². The molecule has 0 aromatic heterocycles. The molecule has 0 aromatic carbocycles. The smallest absolute Gasteiger partial charge is 0.237 e. The predicted octanol–water partition coefficient (Wildman–Crippen LogP) is -1.78. The van der Waals surface area contributed by atoms with Gasteiger partial charge in [-0.05, 0) is 19.3 Å². The molecule has 86 valence electrons. The van der Waals surface area contributed by atoms with Crippen LogP contribution in [0.3, 0.4) is 0 Å². The van der Waals surface area contributed by atoms with Gasteiger partial charge in [0, 0.05) is 0 Å². The van der Waals surface area contributed by atoms with Crippen molar-refractivity contribution >= 4 is 11.8 Å². The van der Waals surface area contributed by atoms with Gasteiger partial charge in [0.05, 0.1) is 24.6 Å². The lowest BCUT2D eigenvalue weighted by molar-refractivity contribution is -0.129. The van der Waals surface area contributed by atoms with Gasteiger partial charge in [0.1, 0.15) is 0 Å². The van der Waals surface area contributed by atoms with E-state index >= 15 is 0 Å². The summed E-state index contributed by atoms with van der Waals surface area (Å²) in [5.41, 5.74) is 9.87. The molecule has 15 heavy (non-hydrogen) atoms. The van der Waals surface area contributed by atoms with Crippen molar-refractivity contribution in [2.75, 3.05) is 6.61 Å². The molecule has 0 saturated heterocycles. The predicted molar refractivity (Wildman–Crippen MR) is 53.6 cm³/mol. The molecule has 1 saturated carbocycles. The Kier molecular flexibility index (Phi) is 3.65. The Morgan fingerprint density at radius 3 is 2.40 bits per heavy atom. The van der Waals surface area contributed by atoms with Gasteiger partial charge in [-0.1, -0.05) is 0 Å². The summed E-state index contributed by atoms with van der Waals surface area (Å²) in [6.45, 7) is -0.0952. The van der Waals surface area contributed by atoms with Crippen molar-refractivity contribution < 1.29 is 14.7 Å². The molecule has 6 nitrogen and oxygen atoms in total.